The number of hydrogen-bond acceptors (Lipinski definition) is 11. The minimum absolute atomic E-state index is 0.0125. The second-order valence-corrected chi connectivity index (χ2v) is 11.9. The van der Waals surface area contributed by atoms with Gasteiger partial charge >= 0.3 is 5.97 Å². The number of aliphatic hydroxyl groups excluding tert-OH is 2. The third-order valence-corrected chi connectivity index (χ3v) is 9.02. The smallest absolute Gasteiger partial charge is 0.307 e. The van der Waals surface area contributed by atoms with Gasteiger partial charge in [-0.25, -0.2) is 0 Å². The van der Waals surface area contributed by atoms with Crippen molar-refractivity contribution in [2.24, 2.45) is 17.6 Å². The molecule has 2 amide bonds. The van der Waals surface area contributed by atoms with Crippen molar-refractivity contribution in [2.45, 2.75) is 37.8 Å². The van der Waals surface area contributed by atoms with Gasteiger partial charge in [0.25, 0.3) is 11.8 Å². The number of primary amides is 1. The number of phenolic OH excluding ortho intramolecular Hbond substituents is 1. The van der Waals surface area contributed by atoms with Gasteiger partial charge in [-0.05, 0) is 74.7 Å². The van der Waals surface area contributed by atoms with Gasteiger partial charge in [0.2, 0.25) is 0 Å². The number of amides is 2. The SMILES string of the molecule is CCOC(=O)CCNC(=O)c1cccc(-c2ccc(O)c3c2C[C@H]2C[C@H]4[C@H](N(C)C)C(O)=C(C(N)=O)C(=N)[C@@]4(O)C(O)=C2C3=O)c1. The van der Waals surface area contributed by atoms with Gasteiger partial charge in [-0.2, -0.15) is 0 Å². The lowest BCUT2D eigenvalue weighted by atomic mass is 9.58. The van der Waals surface area contributed by atoms with Crippen LogP contribution in [0.15, 0.2) is 59.1 Å². The van der Waals surface area contributed by atoms with Crippen LogP contribution in [0.5, 0.6) is 5.75 Å². The standard InChI is InChI=1S/C33H36N4O9/c1-4-46-22(39)10-11-36-32(44)16-7-5-6-15(12-16)18-8-9-21(38)24-19(18)13-17-14-20-26(37(2)3)28(41)25(31(35)43)29(34)33(20,45)30(42)23(17)27(24)40/h5-9,12,17,20,26,34,38,41-42,45H,4,10-11,13-14H2,1-3H3,(H2,35,43)(H,36,44)/t17-,20-,26-,33+/m0/s1. The third kappa shape index (κ3) is 5.11. The average molecular weight is 633 g/mol. The number of nitrogens with zero attached hydrogens (tertiary/aromatic N) is 1. The fourth-order valence-electron chi connectivity index (χ4n) is 7.01. The van der Waals surface area contributed by atoms with Crippen LogP contribution in [0.4, 0.5) is 0 Å². The molecule has 0 fully saturated rings. The predicted octanol–water partition coefficient (Wildman–Crippen LogP) is 1.92. The summed E-state index contributed by atoms with van der Waals surface area (Å²) in [5.41, 5.74) is 3.11. The first-order valence-corrected chi connectivity index (χ1v) is 14.8. The molecule has 3 aliphatic rings. The zero-order valence-corrected chi connectivity index (χ0v) is 25.6. The van der Waals surface area contributed by atoms with Crippen molar-refractivity contribution in [3.8, 4) is 16.9 Å². The van der Waals surface area contributed by atoms with Crippen molar-refractivity contribution >= 4 is 29.3 Å². The topological polar surface area (TPSA) is 224 Å². The number of hydrogen-bond donors (Lipinski definition) is 7. The Morgan fingerprint density at radius 1 is 1.15 bits per heavy atom. The molecule has 242 valence electrons. The Labute approximate surface area is 264 Å². The Morgan fingerprint density at radius 2 is 1.87 bits per heavy atom. The molecule has 0 heterocycles. The zero-order chi connectivity index (χ0) is 33.7. The lowest BCUT2D eigenvalue weighted by Gasteiger charge is -2.51. The highest BCUT2D eigenvalue weighted by Gasteiger charge is 2.61. The summed E-state index contributed by atoms with van der Waals surface area (Å²) in [6.45, 7) is 2.01. The summed E-state index contributed by atoms with van der Waals surface area (Å²) >= 11 is 0. The maximum absolute atomic E-state index is 14.1. The molecule has 0 saturated carbocycles. The van der Waals surface area contributed by atoms with E-state index in [4.69, 9.17) is 15.9 Å². The minimum atomic E-state index is -2.51. The first-order valence-electron chi connectivity index (χ1n) is 14.8. The van der Waals surface area contributed by atoms with Gasteiger partial charge in [0.05, 0.1) is 30.3 Å². The number of carbonyl (C=O) groups is 4. The van der Waals surface area contributed by atoms with Crippen molar-refractivity contribution in [1.29, 1.82) is 5.41 Å². The third-order valence-electron chi connectivity index (χ3n) is 9.02. The largest absolute Gasteiger partial charge is 0.510 e. The number of carbonyl (C=O) groups excluding carboxylic acids is 4. The normalized spacial score (nSPS) is 23.9. The Morgan fingerprint density at radius 3 is 2.52 bits per heavy atom. The van der Waals surface area contributed by atoms with E-state index < -0.39 is 69.8 Å². The molecule has 0 aliphatic heterocycles. The molecule has 0 aromatic heterocycles. The summed E-state index contributed by atoms with van der Waals surface area (Å²) in [6.07, 6.45) is 0.173. The zero-order valence-electron chi connectivity index (χ0n) is 25.6. The summed E-state index contributed by atoms with van der Waals surface area (Å²) in [7, 11) is 3.20. The highest BCUT2D eigenvalue weighted by Crippen LogP contribution is 2.53. The van der Waals surface area contributed by atoms with Crippen LogP contribution in [0, 0.1) is 17.2 Å². The predicted molar refractivity (Wildman–Crippen MR) is 165 cm³/mol. The number of fused-ring (bicyclic) bond motifs is 3. The molecule has 0 unspecified atom stereocenters. The Kier molecular flexibility index (Phi) is 8.49. The van der Waals surface area contributed by atoms with Gasteiger partial charge in [-0.3, -0.25) is 24.1 Å². The number of phenols is 1. The quantitative estimate of drug-likeness (QED) is 0.209. The minimum Gasteiger partial charge on any atom is -0.510 e. The van der Waals surface area contributed by atoms with Crippen LogP contribution in [0.25, 0.3) is 11.1 Å². The number of benzene rings is 2. The van der Waals surface area contributed by atoms with Crippen molar-refractivity contribution in [3.63, 3.8) is 0 Å². The molecule has 0 radical (unpaired) electrons. The molecule has 8 N–H and O–H groups in total. The van der Waals surface area contributed by atoms with Gasteiger partial charge in [-0.15, -0.1) is 0 Å². The number of aliphatic hydroxyl groups is 3. The van der Waals surface area contributed by atoms with Gasteiger partial charge in [0.1, 0.15) is 22.8 Å². The fraction of sp³-hybridized carbons (Fsp3) is 0.364. The van der Waals surface area contributed by atoms with E-state index in [0.29, 0.717) is 22.3 Å². The summed E-state index contributed by atoms with van der Waals surface area (Å²) in [5, 5.41) is 56.7. The van der Waals surface area contributed by atoms with Crippen molar-refractivity contribution in [1.82, 2.24) is 10.2 Å². The number of ether oxygens (including phenoxy) is 1. The van der Waals surface area contributed by atoms with E-state index in [9.17, 15) is 39.6 Å². The Hall–Kier alpha value is -5.01. The molecule has 13 heteroatoms. The molecule has 46 heavy (non-hydrogen) atoms. The van der Waals surface area contributed by atoms with Crippen LogP contribution in [0.2, 0.25) is 0 Å². The number of rotatable bonds is 8. The second kappa shape index (κ2) is 12.1. The van der Waals surface area contributed by atoms with E-state index in [2.05, 4.69) is 5.32 Å². The van der Waals surface area contributed by atoms with E-state index in [1.165, 1.54) is 11.0 Å². The Balaban J connectivity index is 1.55. The van der Waals surface area contributed by atoms with Crippen molar-refractivity contribution < 1.29 is 44.3 Å². The number of ketones is 1. The summed E-state index contributed by atoms with van der Waals surface area (Å²) in [5.74, 6) is -6.19. The van der Waals surface area contributed by atoms with Crippen LogP contribution < -0.4 is 11.1 Å². The molecule has 13 nitrogen and oxygen atoms in total. The molecule has 4 atom stereocenters. The molecule has 3 aliphatic carbocycles. The molecule has 0 spiro atoms. The summed E-state index contributed by atoms with van der Waals surface area (Å²) in [4.78, 5) is 52.3. The van der Waals surface area contributed by atoms with E-state index in [1.807, 2.05) is 0 Å². The molecule has 2 aromatic rings. The number of likely N-dealkylation sites (N-methyl/N-ethyl adjacent to an activating group) is 1. The van der Waals surface area contributed by atoms with Crippen LogP contribution in [0.3, 0.4) is 0 Å². The van der Waals surface area contributed by atoms with Crippen molar-refractivity contribution in [2.75, 3.05) is 27.2 Å². The average Bonchev–Trinajstić information content (AvgIpc) is 2.99. The molecule has 2 aromatic carbocycles. The van der Waals surface area contributed by atoms with Crippen LogP contribution in [-0.4, -0.2) is 93.5 Å². The number of aromatic hydroxyl groups is 1. The first-order chi connectivity index (χ1) is 21.7. The number of nitrogens with two attached hydrogens (primary N) is 1. The summed E-state index contributed by atoms with van der Waals surface area (Å²) in [6, 6.07) is 8.56. The van der Waals surface area contributed by atoms with Crippen molar-refractivity contribution in [3.05, 3.63) is 75.8 Å². The molecule has 0 bridgehead atoms. The van der Waals surface area contributed by atoms with Gasteiger partial charge in [-0.1, -0.05) is 18.2 Å². The monoisotopic (exact) mass is 632 g/mol. The van der Waals surface area contributed by atoms with E-state index in [0.717, 1.165) is 0 Å². The number of allylic oxidation sites excluding steroid dienone is 1. The highest BCUT2D eigenvalue weighted by molar-refractivity contribution is 6.26. The van der Waals surface area contributed by atoms with Gasteiger partial charge in [0, 0.05) is 23.6 Å². The van der Waals surface area contributed by atoms with Crippen LogP contribution in [-0.2, 0) is 20.7 Å². The van der Waals surface area contributed by atoms with Gasteiger partial charge < -0.3 is 41.6 Å². The lowest BCUT2D eigenvalue weighted by Crippen LogP contribution is -2.63. The maximum atomic E-state index is 14.1. The molecule has 0 saturated heterocycles. The lowest BCUT2D eigenvalue weighted by molar-refractivity contribution is -0.142. The first kappa shape index (κ1) is 32.4. The maximum Gasteiger partial charge on any atom is 0.307 e. The summed E-state index contributed by atoms with van der Waals surface area (Å²) < 4.78 is 4.88. The molecular formula is C33H36N4O9. The van der Waals surface area contributed by atoms with E-state index in [-0.39, 0.29) is 49.3 Å². The molecular weight excluding hydrogens is 596 g/mol. The number of esters is 1. The van der Waals surface area contributed by atoms with Crippen LogP contribution in [0.1, 0.15) is 46.0 Å². The Bertz CT molecular complexity index is 1740. The van der Waals surface area contributed by atoms with Gasteiger partial charge in [0.15, 0.2) is 11.4 Å². The van der Waals surface area contributed by atoms with E-state index >= 15 is 0 Å². The fourth-order valence-corrected chi connectivity index (χ4v) is 7.01. The van der Waals surface area contributed by atoms with E-state index in [1.54, 1.807) is 51.4 Å². The highest BCUT2D eigenvalue weighted by atomic mass is 16.5. The second-order valence-electron chi connectivity index (χ2n) is 11.9. The molecule has 5 rings (SSSR count). The van der Waals surface area contributed by atoms with Crippen LogP contribution >= 0.6 is 0 Å². The number of Topliss-reactive ketones (excluding diaryl/α,β-unsaturated/α-hetero) is 1. The number of nitrogens with one attached hydrogen (secondary N) is 2.